The van der Waals surface area contributed by atoms with Gasteiger partial charge in [-0.15, -0.1) is 0 Å². The van der Waals surface area contributed by atoms with Crippen LogP contribution in [0.3, 0.4) is 0 Å². The van der Waals surface area contributed by atoms with Crippen molar-refractivity contribution in [3.63, 3.8) is 0 Å². The minimum Gasteiger partial charge on any atom is -0.394 e. The van der Waals surface area contributed by atoms with Crippen molar-refractivity contribution in [2.24, 2.45) is 22.9 Å². The van der Waals surface area contributed by atoms with E-state index in [0.717, 1.165) is 0 Å². The first-order chi connectivity index (χ1) is 15.9. The Hall–Kier alpha value is -0.600. The highest BCUT2D eigenvalue weighted by Gasteiger charge is 2.49. The molecule has 0 spiro atoms. The average molecular weight is 501 g/mol. The fraction of sp³-hybridized carbons (Fsp3) is 1.00. The standard InChI is InChI=1S/C19H40N4O11/c1-6(25)11(23)12(26)10(4-24)31-5-32-17-7(21)2-8(22)18(16(17)30)34-19-15(29)14(28)13(27)9(3-20)33-19/h6-19,24-30H,2-5,20-23H2,1H3/t6?,7-,8+,9-,10?,11-,12-,13-,14?,15?,16?,17+,18?,19-/m1/s1. The third kappa shape index (κ3) is 6.78. The van der Waals surface area contributed by atoms with Crippen LogP contribution in [0.2, 0.25) is 0 Å². The molecule has 1 aliphatic carbocycles. The Balaban J connectivity index is 2.00. The molecule has 15 N–H and O–H groups in total. The number of aliphatic hydroxyl groups is 7. The van der Waals surface area contributed by atoms with E-state index in [-0.39, 0.29) is 13.0 Å². The molecule has 14 atom stereocenters. The first-order valence-electron chi connectivity index (χ1n) is 11.1. The van der Waals surface area contributed by atoms with Gasteiger partial charge < -0.3 is 77.6 Å². The number of rotatable bonds is 11. The molecule has 0 aromatic rings. The Morgan fingerprint density at radius 2 is 1.59 bits per heavy atom. The van der Waals surface area contributed by atoms with Gasteiger partial charge in [0.25, 0.3) is 0 Å². The van der Waals surface area contributed by atoms with Crippen LogP contribution in [0.1, 0.15) is 13.3 Å². The van der Waals surface area contributed by atoms with E-state index in [1.165, 1.54) is 6.92 Å². The molecule has 6 unspecified atom stereocenters. The SMILES string of the molecule is CC(O)[C@@H](N)[C@H](O)C(CO)OCO[C@@H]1C(O)C(O[C@H]2O[C@H](CN)[C@@H](O)C(O)C2O)[C@@H](N)C[C@H]1N. The summed E-state index contributed by atoms with van der Waals surface area (Å²) in [5, 5.41) is 70.1. The lowest BCUT2D eigenvalue weighted by Gasteiger charge is -2.46. The van der Waals surface area contributed by atoms with Gasteiger partial charge in [-0.1, -0.05) is 0 Å². The lowest BCUT2D eigenvalue weighted by atomic mass is 9.84. The van der Waals surface area contributed by atoms with E-state index < -0.39 is 98.9 Å². The lowest BCUT2D eigenvalue weighted by molar-refractivity contribution is -0.320. The third-order valence-corrected chi connectivity index (χ3v) is 6.31. The van der Waals surface area contributed by atoms with Gasteiger partial charge in [0.1, 0.15) is 61.7 Å². The van der Waals surface area contributed by atoms with Crippen LogP contribution in [0.25, 0.3) is 0 Å². The van der Waals surface area contributed by atoms with E-state index >= 15 is 0 Å². The molecular weight excluding hydrogens is 460 g/mol. The molecule has 0 radical (unpaired) electrons. The average Bonchev–Trinajstić information content (AvgIpc) is 2.80. The smallest absolute Gasteiger partial charge is 0.187 e. The number of hydrogen-bond donors (Lipinski definition) is 11. The topological polar surface area (TPSA) is 283 Å². The Morgan fingerprint density at radius 3 is 2.15 bits per heavy atom. The van der Waals surface area contributed by atoms with Crippen LogP contribution < -0.4 is 22.9 Å². The second kappa shape index (κ2) is 13.1. The van der Waals surface area contributed by atoms with Crippen molar-refractivity contribution in [1.82, 2.24) is 0 Å². The predicted octanol–water partition coefficient (Wildman–Crippen LogP) is -6.65. The van der Waals surface area contributed by atoms with E-state index in [0.29, 0.717) is 0 Å². The summed E-state index contributed by atoms with van der Waals surface area (Å²) in [6, 6.07) is -2.62. The van der Waals surface area contributed by atoms with Gasteiger partial charge in [0.05, 0.1) is 18.8 Å². The normalized spacial score (nSPS) is 42.7. The molecule has 1 heterocycles. The summed E-state index contributed by atoms with van der Waals surface area (Å²) in [7, 11) is 0. The highest BCUT2D eigenvalue weighted by Crippen LogP contribution is 2.28. The van der Waals surface area contributed by atoms with Gasteiger partial charge in [-0.3, -0.25) is 0 Å². The van der Waals surface area contributed by atoms with Gasteiger partial charge in [-0.25, -0.2) is 0 Å². The Kier molecular flexibility index (Phi) is 11.4. The molecule has 0 bridgehead atoms. The number of ether oxygens (including phenoxy) is 4. The summed E-state index contributed by atoms with van der Waals surface area (Å²) < 4.78 is 21.9. The molecule has 1 aliphatic heterocycles. The molecule has 2 aliphatic rings. The quantitative estimate of drug-likeness (QED) is 0.118. The van der Waals surface area contributed by atoms with Crippen LogP contribution in [0.15, 0.2) is 0 Å². The van der Waals surface area contributed by atoms with Gasteiger partial charge in [0.15, 0.2) is 6.29 Å². The molecule has 34 heavy (non-hydrogen) atoms. The molecule has 1 saturated carbocycles. The summed E-state index contributed by atoms with van der Waals surface area (Å²) in [6.45, 7) is 0.0970. The van der Waals surface area contributed by atoms with E-state index in [1.54, 1.807) is 0 Å². The third-order valence-electron chi connectivity index (χ3n) is 6.31. The molecule has 15 heteroatoms. The van der Waals surface area contributed by atoms with Gasteiger partial charge in [-0.05, 0) is 13.3 Å². The van der Waals surface area contributed by atoms with Crippen molar-refractivity contribution in [2.45, 2.75) is 98.8 Å². The summed E-state index contributed by atoms with van der Waals surface area (Å²) in [5.41, 5.74) is 23.3. The van der Waals surface area contributed by atoms with Crippen LogP contribution in [-0.2, 0) is 18.9 Å². The van der Waals surface area contributed by atoms with Crippen molar-refractivity contribution >= 4 is 0 Å². The van der Waals surface area contributed by atoms with E-state index in [4.69, 9.17) is 41.9 Å². The fourth-order valence-electron chi connectivity index (χ4n) is 4.06. The molecule has 2 rings (SSSR count). The van der Waals surface area contributed by atoms with Gasteiger partial charge in [-0.2, -0.15) is 0 Å². The molecule has 202 valence electrons. The second-order valence-electron chi connectivity index (χ2n) is 8.85. The highest BCUT2D eigenvalue weighted by atomic mass is 16.7. The molecule has 0 aromatic carbocycles. The second-order valence-corrected chi connectivity index (χ2v) is 8.85. The van der Waals surface area contributed by atoms with Crippen LogP contribution in [0, 0.1) is 0 Å². The minimum atomic E-state index is -1.64. The molecule has 15 nitrogen and oxygen atoms in total. The van der Waals surface area contributed by atoms with Gasteiger partial charge >= 0.3 is 0 Å². The van der Waals surface area contributed by atoms with E-state index in [9.17, 15) is 35.7 Å². The predicted molar refractivity (Wildman–Crippen MR) is 115 cm³/mol. The first kappa shape index (κ1) is 29.6. The maximum Gasteiger partial charge on any atom is 0.187 e. The number of nitrogens with two attached hydrogens (primary N) is 4. The van der Waals surface area contributed by atoms with Gasteiger partial charge in [0, 0.05) is 18.6 Å². The van der Waals surface area contributed by atoms with Crippen LogP contribution in [-0.4, -0.2) is 141 Å². The summed E-state index contributed by atoms with van der Waals surface area (Å²) in [5.74, 6) is 0. The van der Waals surface area contributed by atoms with Crippen LogP contribution in [0.5, 0.6) is 0 Å². The zero-order chi connectivity index (χ0) is 25.7. The molecule has 0 amide bonds. The fourth-order valence-corrected chi connectivity index (χ4v) is 4.06. The number of aliphatic hydroxyl groups excluding tert-OH is 7. The summed E-state index contributed by atoms with van der Waals surface area (Å²) in [6.07, 6.45) is -14.2. The van der Waals surface area contributed by atoms with Crippen molar-refractivity contribution in [3.8, 4) is 0 Å². The minimum absolute atomic E-state index is 0.139. The molecule has 1 saturated heterocycles. The van der Waals surface area contributed by atoms with Crippen molar-refractivity contribution in [3.05, 3.63) is 0 Å². The first-order valence-corrected chi connectivity index (χ1v) is 11.1. The zero-order valence-corrected chi connectivity index (χ0v) is 19.0. The van der Waals surface area contributed by atoms with Crippen molar-refractivity contribution in [2.75, 3.05) is 19.9 Å². The summed E-state index contributed by atoms with van der Waals surface area (Å²) in [4.78, 5) is 0. The maximum atomic E-state index is 10.8. The molecular formula is C19H40N4O11. The van der Waals surface area contributed by atoms with Crippen LogP contribution in [0.4, 0.5) is 0 Å². The van der Waals surface area contributed by atoms with Crippen LogP contribution >= 0.6 is 0 Å². The molecule has 2 fully saturated rings. The molecule has 0 aromatic heterocycles. The van der Waals surface area contributed by atoms with Gasteiger partial charge in [0.2, 0.25) is 0 Å². The maximum absolute atomic E-state index is 10.8. The lowest BCUT2D eigenvalue weighted by Crippen LogP contribution is -2.66. The Bertz CT molecular complexity index is 607. The largest absolute Gasteiger partial charge is 0.394 e. The van der Waals surface area contributed by atoms with E-state index in [2.05, 4.69) is 0 Å². The van der Waals surface area contributed by atoms with E-state index in [1.807, 2.05) is 0 Å². The Labute approximate surface area is 197 Å². The van der Waals surface area contributed by atoms with Crippen molar-refractivity contribution < 1.29 is 54.7 Å². The summed E-state index contributed by atoms with van der Waals surface area (Å²) >= 11 is 0. The Morgan fingerprint density at radius 1 is 0.971 bits per heavy atom. The monoisotopic (exact) mass is 500 g/mol. The number of hydrogen-bond acceptors (Lipinski definition) is 15. The highest BCUT2D eigenvalue weighted by molar-refractivity contribution is 5.00. The van der Waals surface area contributed by atoms with Crippen molar-refractivity contribution in [1.29, 1.82) is 0 Å². The zero-order valence-electron chi connectivity index (χ0n) is 19.0.